The lowest BCUT2D eigenvalue weighted by molar-refractivity contribution is -0.122. The lowest BCUT2D eigenvalue weighted by Gasteiger charge is -2.13. The molecular formula is C24H15ClN4O2. The number of nitrogens with zero attached hydrogens (tertiary/aromatic N) is 3. The summed E-state index contributed by atoms with van der Waals surface area (Å²) in [7, 11) is 0. The van der Waals surface area contributed by atoms with Gasteiger partial charge in [-0.2, -0.15) is 10.1 Å². The highest BCUT2D eigenvalue weighted by molar-refractivity contribution is 6.54. The zero-order valence-electron chi connectivity index (χ0n) is 16.1. The van der Waals surface area contributed by atoms with E-state index in [-0.39, 0.29) is 17.3 Å². The van der Waals surface area contributed by atoms with Crippen LogP contribution in [-0.2, 0) is 9.59 Å². The van der Waals surface area contributed by atoms with Gasteiger partial charge in [0.05, 0.1) is 5.69 Å². The minimum atomic E-state index is -0.418. The van der Waals surface area contributed by atoms with Crippen LogP contribution in [0.5, 0.6) is 0 Å². The summed E-state index contributed by atoms with van der Waals surface area (Å²) in [4.78, 5) is 30.3. The van der Waals surface area contributed by atoms with E-state index in [1.165, 1.54) is 5.01 Å². The quantitative estimate of drug-likeness (QED) is 0.633. The van der Waals surface area contributed by atoms with E-state index in [4.69, 9.17) is 11.6 Å². The number of nitrogens with one attached hydrogen (secondary N) is 1. The molecule has 2 amide bonds. The number of rotatable bonds is 3. The third-order valence-electron chi connectivity index (χ3n) is 4.89. The van der Waals surface area contributed by atoms with Crippen molar-refractivity contribution in [3.8, 4) is 0 Å². The van der Waals surface area contributed by atoms with Gasteiger partial charge in [-0.1, -0.05) is 72.3 Å². The summed E-state index contributed by atoms with van der Waals surface area (Å²) in [5.41, 5.74) is 3.18. The normalized spacial score (nSPS) is 17.8. The monoisotopic (exact) mass is 426 g/mol. The Morgan fingerprint density at radius 2 is 1.61 bits per heavy atom. The Morgan fingerprint density at radius 3 is 2.39 bits per heavy atom. The van der Waals surface area contributed by atoms with E-state index in [0.717, 1.165) is 5.56 Å². The number of hydrazone groups is 1. The van der Waals surface area contributed by atoms with Crippen molar-refractivity contribution in [2.24, 2.45) is 10.1 Å². The number of hydrogen-bond donors (Lipinski definition) is 1. The van der Waals surface area contributed by atoms with E-state index in [0.29, 0.717) is 27.7 Å². The molecule has 0 atom stereocenters. The summed E-state index contributed by atoms with van der Waals surface area (Å²) in [5, 5.41) is 9.00. The number of para-hydroxylation sites is 1. The molecule has 5 rings (SSSR count). The molecule has 2 aliphatic heterocycles. The molecule has 2 aliphatic rings. The molecule has 150 valence electrons. The van der Waals surface area contributed by atoms with Crippen molar-refractivity contribution < 1.29 is 9.59 Å². The van der Waals surface area contributed by atoms with Crippen LogP contribution in [0, 0.1) is 0 Å². The number of hydrogen-bond acceptors (Lipinski definition) is 4. The van der Waals surface area contributed by atoms with Gasteiger partial charge in [0.15, 0.2) is 11.5 Å². The van der Waals surface area contributed by atoms with E-state index in [1.54, 1.807) is 42.5 Å². The molecule has 0 aliphatic carbocycles. The van der Waals surface area contributed by atoms with E-state index in [9.17, 15) is 9.59 Å². The fraction of sp³-hybridized carbons (Fsp3) is 0. The average Bonchev–Trinajstić information content (AvgIpc) is 3.27. The Kier molecular flexibility index (Phi) is 4.69. The molecule has 31 heavy (non-hydrogen) atoms. The molecular weight excluding hydrogens is 412 g/mol. The van der Waals surface area contributed by atoms with Crippen LogP contribution in [0.25, 0.3) is 6.08 Å². The molecule has 0 unspecified atom stereocenters. The van der Waals surface area contributed by atoms with Crippen LogP contribution < -0.4 is 5.32 Å². The first-order chi connectivity index (χ1) is 15.1. The molecule has 0 spiro atoms. The smallest absolute Gasteiger partial charge is 0.298 e. The van der Waals surface area contributed by atoms with Gasteiger partial charge in [0.2, 0.25) is 0 Å². The molecule has 0 fully saturated rings. The van der Waals surface area contributed by atoms with Crippen molar-refractivity contribution in [1.82, 2.24) is 5.01 Å². The van der Waals surface area contributed by atoms with Crippen LogP contribution in [0.15, 0.2) is 94.7 Å². The molecule has 0 bridgehead atoms. The zero-order valence-corrected chi connectivity index (χ0v) is 16.9. The SMILES string of the molecule is O=C1Nc2ccccc2/C1=N/N1C(=O)/C(=C/c2ccc(Cl)cc2)N=C1c1ccccc1. The van der Waals surface area contributed by atoms with Crippen LogP contribution in [0.4, 0.5) is 5.69 Å². The lowest BCUT2D eigenvalue weighted by Crippen LogP contribution is -2.30. The van der Waals surface area contributed by atoms with Crippen molar-refractivity contribution in [2.45, 2.75) is 0 Å². The Hall–Kier alpha value is -4.03. The third kappa shape index (κ3) is 3.53. The van der Waals surface area contributed by atoms with Crippen LogP contribution in [0.3, 0.4) is 0 Å². The van der Waals surface area contributed by atoms with E-state index >= 15 is 0 Å². The number of amides is 2. The van der Waals surface area contributed by atoms with Gasteiger partial charge >= 0.3 is 0 Å². The van der Waals surface area contributed by atoms with Crippen molar-refractivity contribution >= 4 is 46.7 Å². The molecule has 0 aromatic heterocycles. The maximum absolute atomic E-state index is 13.2. The summed E-state index contributed by atoms with van der Waals surface area (Å²) in [5.74, 6) is -0.425. The first-order valence-corrected chi connectivity index (χ1v) is 9.93. The molecule has 7 heteroatoms. The predicted molar refractivity (Wildman–Crippen MR) is 121 cm³/mol. The highest BCUT2D eigenvalue weighted by Gasteiger charge is 2.34. The molecule has 6 nitrogen and oxygen atoms in total. The maximum Gasteiger partial charge on any atom is 0.298 e. The molecule has 0 saturated carbocycles. The highest BCUT2D eigenvalue weighted by Crippen LogP contribution is 2.27. The van der Waals surface area contributed by atoms with Gasteiger partial charge in [0.1, 0.15) is 5.70 Å². The fourth-order valence-electron chi connectivity index (χ4n) is 3.39. The second kappa shape index (κ2) is 7.66. The van der Waals surface area contributed by atoms with Gasteiger partial charge in [-0.25, -0.2) is 4.99 Å². The summed E-state index contributed by atoms with van der Waals surface area (Å²) >= 11 is 5.95. The molecule has 3 aromatic rings. The van der Waals surface area contributed by atoms with Crippen molar-refractivity contribution in [3.63, 3.8) is 0 Å². The standard InChI is InChI=1S/C24H15ClN4O2/c25-17-12-10-15(11-13-17)14-20-24(31)29(22(26-20)16-6-2-1-3-7-16)28-21-18-8-4-5-9-19(18)27-23(21)30/h1-14H,(H,27,28,30)/b20-14-. The van der Waals surface area contributed by atoms with Crippen molar-refractivity contribution in [2.75, 3.05) is 5.32 Å². The topological polar surface area (TPSA) is 74.1 Å². The third-order valence-corrected chi connectivity index (χ3v) is 5.14. The minimum Gasteiger partial charge on any atom is -0.320 e. The van der Waals surface area contributed by atoms with Gasteiger partial charge in [-0.05, 0) is 29.8 Å². The Balaban J connectivity index is 1.61. The Labute approximate surface area is 183 Å². The van der Waals surface area contributed by atoms with Gasteiger partial charge in [-0.3, -0.25) is 9.59 Å². The predicted octanol–water partition coefficient (Wildman–Crippen LogP) is 4.33. The Morgan fingerprint density at radius 1 is 0.903 bits per heavy atom. The number of amidine groups is 1. The maximum atomic E-state index is 13.2. The van der Waals surface area contributed by atoms with Crippen LogP contribution >= 0.6 is 11.6 Å². The van der Waals surface area contributed by atoms with Gasteiger partial charge in [0, 0.05) is 16.1 Å². The fourth-order valence-corrected chi connectivity index (χ4v) is 3.52. The van der Waals surface area contributed by atoms with Crippen LogP contribution in [0.1, 0.15) is 16.7 Å². The number of carbonyl (C=O) groups excluding carboxylic acids is 2. The largest absolute Gasteiger partial charge is 0.320 e. The average molecular weight is 427 g/mol. The second-order valence-corrected chi connectivity index (χ2v) is 7.38. The summed E-state index contributed by atoms with van der Waals surface area (Å²) in [6.07, 6.45) is 1.67. The molecule has 0 saturated heterocycles. The van der Waals surface area contributed by atoms with Crippen molar-refractivity contribution in [3.05, 3.63) is 106 Å². The molecule has 0 radical (unpaired) electrons. The first kappa shape index (κ1) is 19.0. The number of anilines is 1. The molecule has 3 aromatic carbocycles. The Bertz CT molecular complexity index is 1290. The lowest BCUT2D eigenvalue weighted by atomic mass is 10.1. The zero-order chi connectivity index (χ0) is 21.4. The summed E-state index contributed by atoms with van der Waals surface area (Å²) in [6, 6.07) is 23.6. The van der Waals surface area contributed by atoms with Gasteiger partial charge in [0.25, 0.3) is 11.8 Å². The van der Waals surface area contributed by atoms with Gasteiger partial charge in [-0.15, -0.1) is 0 Å². The minimum absolute atomic E-state index is 0.167. The van der Waals surface area contributed by atoms with E-state index in [2.05, 4.69) is 15.4 Å². The molecule has 1 N–H and O–H groups in total. The highest BCUT2D eigenvalue weighted by atomic mass is 35.5. The van der Waals surface area contributed by atoms with Crippen LogP contribution in [0.2, 0.25) is 5.02 Å². The number of benzene rings is 3. The number of carbonyl (C=O) groups is 2. The van der Waals surface area contributed by atoms with E-state index < -0.39 is 5.91 Å². The van der Waals surface area contributed by atoms with E-state index in [1.807, 2.05) is 42.5 Å². The summed E-state index contributed by atoms with van der Waals surface area (Å²) < 4.78 is 0. The van der Waals surface area contributed by atoms with Gasteiger partial charge < -0.3 is 5.32 Å². The molecule has 2 heterocycles. The number of halogens is 1. The number of fused-ring (bicyclic) bond motifs is 1. The summed E-state index contributed by atoms with van der Waals surface area (Å²) in [6.45, 7) is 0. The number of aliphatic imine (C=N–C) groups is 1. The van der Waals surface area contributed by atoms with Crippen LogP contribution in [-0.4, -0.2) is 28.4 Å². The van der Waals surface area contributed by atoms with Crippen molar-refractivity contribution in [1.29, 1.82) is 0 Å². The first-order valence-electron chi connectivity index (χ1n) is 9.55. The second-order valence-electron chi connectivity index (χ2n) is 6.95.